The van der Waals surface area contributed by atoms with Crippen molar-refractivity contribution in [3.05, 3.63) is 63.6 Å². The van der Waals surface area contributed by atoms with Gasteiger partial charge >= 0.3 is 0 Å². The predicted molar refractivity (Wildman–Crippen MR) is 152 cm³/mol. The van der Waals surface area contributed by atoms with Crippen LogP contribution in [0.3, 0.4) is 0 Å². The summed E-state index contributed by atoms with van der Waals surface area (Å²) < 4.78 is 26.6. The summed E-state index contributed by atoms with van der Waals surface area (Å²) in [6.07, 6.45) is 1.05. The molecule has 0 heterocycles. The number of benzene rings is 2. The number of rotatable bonds is 8. The van der Waals surface area contributed by atoms with Crippen LogP contribution in [0.4, 0.5) is 5.69 Å². The van der Waals surface area contributed by atoms with E-state index in [1.807, 2.05) is 32.9 Å². The van der Waals surface area contributed by atoms with Crippen LogP contribution >= 0.6 is 23.2 Å². The molecule has 0 saturated heterocycles. The average molecular weight is 571 g/mol. The molecule has 1 N–H and O–H groups in total. The first-order valence-corrected chi connectivity index (χ1v) is 14.5. The Labute approximate surface area is 231 Å². The summed E-state index contributed by atoms with van der Waals surface area (Å²) in [5.41, 5.74) is 1.33. The fourth-order valence-corrected chi connectivity index (χ4v) is 4.95. The molecule has 0 spiro atoms. The van der Waals surface area contributed by atoms with Gasteiger partial charge in [0.25, 0.3) is 0 Å². The van der Waals surface area contributed by atoms with Gasteiger partial charge in [0.1, 0.15) is 12.6 Å². The van der Waals surface area contributed by atoms with E-state index in [1.54, 1.807) is 37.3 Å². The molecule has 2 amide bonds. The summed E-state index contributed by atoms with van der Waals surface area (Å²) in [5.74, 6) is -0.917. The van der Waals surface area contributed by atoms with E-state index >= 15 is 0 Å². The molecular weight excluding hydrogens is 533 g/mol. The van der Waals surface area contributed by atoms with E-state index in [4.69, 9.17) is 23.2 Å². The molecule has 0 aliphatic carbocycles. The third kappa shape index (κ3) is 8.90. The summed E-state index contributed by atoms with van der Waals surface area (Å²) in [7, 11) is -3.81. The van der Waals surface area contributed by atoms with E-state index in [0.29, 0.717) is 21.3 Å². The van der Waals surface area contributed by atoms with Gasteiger partial charge in [-0.3, -0.25) is 13.9 Å². The van der Waals surface area contributed by atoms with Gasteiger partial charge in [0, 0.05) is 22.1 Å². The number of hydrogen-bond donors (Lipinski definition) is 1. The molecule has 10 heteroatoms. The zero-order chi connectivity index (χ0) is 28.3. The highest BCUT2D eigenvalue weighted by molar-refractivity contribution is 7.92. The molecule has 0 aliphatic heterocycles. The number of nitrogens with zero attached hydrogens (tertiary/aromatic N) is 2. The number of hydrogen-bond acceptors (Lipinski definition) is 4. The van der Waals surface area contributed by atoms with Crippen LogP contribution in [0, 0.1) is 0 Å². The molecule has 204 valence electrons. The first kappa shape index (κ1) is 30.9. The predicted octanol–water partition coefficient (Wildman–Crippen LogP) is 5.39. The molecule has 0 aliphatic rings. The van der Waals surface area contributed by atoms with Gasteiger partial charge < -0.3 is 10.2 Å². The molecule has 1 atom stereocenters. The highest BCUT2D eigenvalue weighted by Gasteiger charge is 2.32. The number of sulfonamides is 1. The molecule has 2 rings (SSSR count). The fraction of sp³-hybridized carbons (Fsp3) is 0.481. The molecule has 7 nitrogen and oxygen atoms in total. The minimum atomic E-state index is -3.81. The van der Waals surface area contributed by atoms with Crippen LogP contribution in [0.5, 0.6) is 0 Å². The van der Waals surface area contributed by atoms with Crippen molar-refractivity contribution < 1.29 is 18.0 Å². The normalized spacial score (nSPS) is 13.1. The molecule has 0 radical (unpaired) electrons. The zero-order valence-corrected chi connectivity index (χ0v) is 25.1. The molecule has 37 heavy (non-hydrogen) atoms. The number of carbonyl (C=O) groups is 2. The van der Waals surface area contributed by atoms with Gasteiger partial charge in [0.2, 0.25) is 21.8 Å². The van der Waals surface area contributed by atoms with Gasteiger partial charge in [-0.15, -0.1) is 0 Å². The Balaban J connectivity index is 2.45. The molecule has 0 aromatic heterocycles. The Hall–Kier alpha value is -2.29. The van der Waals surface area contributed by atoms with Crippen LogP contribution in [-0.2, 0) is 31.6 Å². The van der Waals surface area contributed by atoms with Gasteiger partial charge in [-0.25, -0.2) is 8.42 Å². The summed E-state index contributed by atoms with van der Waals surface area (Å²) >= 11 is 12.4. The summed E-state index contributed by atoms with van der Waals surface area (Å²) in [6.45, 7) is 12.8. The fourth-order valence-electron chi connectivity index (χ4n) is 3.63. The summed E-state index contributed by atoms with van der Waals surface area (Å²) in [6, 6.07) is 11.1. The highest BCUT2D eigenvalue weighted by atomic mass is 35.5. The first-order valence-electron chi connectivity index (χ1n) is 11.9. The van der Waals surface area contributed by atoms with Crippen molar-refractivity contribution >= 4 is 50.7 Å². The van der Waals surface area contributed by atoms with Crippen molar-refractivity contribution in [3.8, 4) is 0 Å². The lowest BCUT2D eigenvalue weighted by atomic mass is 9.87. The van der Waals surface area contributed by atoms with Crippen molar-refractivity contribution in [1.82, 2.24) is 10.2 Å². The third-order valence-electron chi connectivity index (χ3n) is 5.72. The second kappa shape index (κ2) is 11.6. The van der Waals surface area contributed by atoms with Crippen molar-refractivity contribution in [2.24, 2.45) is 0 Å². The maximum absolute atomic E-state index is 13.7. The van der Waals surface area contributed by atoms with E-state index in [9.17, 15) is 18.0 Å². The van der Waals surface area contributed by atoms with Crippen LogP contribution in [-0.4, -0.2) is 49.5 Å². The molecule has 2 aromatic carbocycles. The second-order valence-electron chi connectivity index (χ2n) is 11.2. The van der Waals surface area contributed by atoms with E-state index in [-0.39, 0.29) is 17.9 Å². The maximum atomic E-state index is 13.7. The molecular formula is C27H37Cl2N3O4S. The van der Waals surface area contributed by atoms with Gasteiger partial charge in [-0.1, -0.05) is 62.2 Å². The van der Waals surface area contributed by atoms with Crippen molar-refractivity contribution in [3.63, 3.8) is 0 Å². The molecule has 2 aromatic rings. The topological polar surface area (TPSA) is 86.8 Å². The lowest BCUT2D eigenvalue weighted by Crippen LogP contribution is -2.54. The second-order valence-corrected chi connectivity index (χ2v) is 14.0. The average Bonchev–Trinajstić information content (AvgIpc) is 2.74. The monoisotopic (exact) mass is 569 g/mol. The van der Waals surface area contributed by atoms with Crippen LogP contribution in [0.15, 0.2) is 42.5 Å². The van der Waals surface area contributed by atoms with E-state index in [2.05, 4.69) is 26.1 Å². The van der Waals surface area contributed by atoms with Crippen LogP contribution in [0.2, 0.25) is 10.0 Å². The Morgan fingerprint density at radius 3 is 2.00 bits per heavy atom. The van der Waals surface area contributed by atoms with E-state index in [1.165, 1.54) is 4.90 Å². The molecule has 0 fully saturated rings. The smallest absolute Gasteiger partial charge is 0.244 e. The largest absolute Gasteiger partial charge is 0.350 e. The summed E-state index contributed by atoms with van der Waals surface area (Å²) in [5, 5.41) is 3.66. The number of halogens is 2. The molecule has 0 saturated carbocycles. The van der Waals surface area contributed by atoms with Crippen LogP contribution < -0.4 is 9.62 Å². The van der Waals surface area contributed by atoms with Crippen LogP contribution in [0.1, 0.15) is 59.6 Å². The van der Waals surface area contributed by atoms with Gasteiger partial charge in [0.05, 0.1) is 11.9 Å². The van der Waals surface area contributed by atoms with Crippen molar-refractivity contribution in [1.29, 1.82) is 0 Å². The summed E-state index contributed by atoms with van der Waals surface area (Å²) in [4.78, 5) is 28.0. The Morgan fingerprint density at radius 2 is 1.54 bits per heavy atom. The lowest BCUT2D eigenvalue weighted by molar-refractivity contribution is -0.140. The first-order chi connectivity index (χ1) is 16.8. The van der Waals surface area contributed by atoms with Crippen LogP contribution in [0.25, 0.3) is 0 Å². The lowest BCUT2D eigenvalue weighted by Gasteiger charge is -2.33. The number of carbonyl (C=O) groups excluding carboxylic acids is 2. The Morgan fingerprint density at radius 1 is 0.973 bits per heavy atom. The SMILES string of the molecule is C[C@H](C(=O)NC(C)(C)C)N(Cc1ccc(Cl)cc1Cl)C(=O)CN(c1ccc(C(C)(C)C)cc1)S(C)(=O)=O. The van der Waals surface area contributed by atoms with Gasteiger partial charge in [-0.05, 0) is 68.5 Å². The zero-order valence-electron chi connectivity index (χ0n) is 22.7. The molecule has 0 unspecified atom stereocenters. The van der Waals surface area contributed by atoms with Crippen molar-refractivity contribution in [2.75, 3.05) is 17.1 Å². The molecule has 0 bridgehead atoms. The number of amides is 2. The highest BCUT2D eigenvalue weighted by Crippen LogP contribution is 2.27. The minimum Gasteiger partial charge on any atom is -0.350 e. The Bertz CT molecular complexity index is 1230. The Kier molecular flexibility index (Phi) is 9.72. The quantitative estimate of drug-likeness (QED) is 0.461. The van der Waals surface area contributed by atoms with E-state index < -0.39 is 34.1 Å². The van der Waals surface area contributed by atoms with Crippen molar-refractivity contribution in [2.45, 2.75) is 72.0 Å². The van der Waals surface area contributed by atoms with Gasteiger partial charge in [-0.2, -0.15) is 0 Å². The standard InChI is InChI=1S/C27H37Cl2N3O4S/c1-18(25(34)30-27(5,6)7)31(16-19-9-12-21(28)15-23(19)29)24(33)17-32(37(8,35)36)22-13-10-20(11-14-22)26(2,3)4/h9-15,18H,16-17H2,1-8H3,(H,30,34)/t18-/m1/s1. The number of anilines is 1. The third-order valence-corrected chi connectivity index (χ3v) is 7.45. The minimum absolute atomic E-state index is 0.00582. The number of nitrogens with one attached hydrogen (secondary N) is 1. The van der Waals surface area contributed by atoms with Gasteiger partial charge in [0.15, 0.2) is 0 Å². The van der Waals surface area contributed by atoms with E-state index in [0.717, 1.165) is 16.1 Å². The maximum Gasteiger partial charge on any atom is 0.244 e.